The number of nitro groups is 2. The Morgan fingerprint density at radius 2 is 1.92 bits per heavy atom. The van der Waals surface area contributed by atoms with Crippen molar-refractivity contribution in [2.45, 2.75) is 47.7 Å². The van der Waals surface area contributed by atoms with Crippen molar-refractivity contribution in [3.8, 4) is 0 Å². The maximum absolute atomic E-state index is 13.6. The zero-order valence-corrected chi connectivity index (χ0v) is 23.1. The third-order valence-corrected chi connectivity index (χ3v) is 9.80. The molecule has 1 aromatic heterocycles. The van der Waals surface area contributed by atoms with E-state index in [9.17, 15) is 28.6 Å². The van der Waals surface area contributed by atoms with Crippen molar-refractivity contribution in [2.24, 2.45) is 18.1 Å². The SMILES string of the molecule is C[C@@H]1CCCN(S(=O)(=O)c2cc([N+](=O)[O-])ccc2N/N=C\c2ccc(Sc3nccn3C)c([N+](=O)[O-])c2)[C@@H]1C. The van der Waals surface area contributed by atoms with Crippen LogP contribution in [0.3, 0.4) is 0 Å². The standard InChI is InChI=1S/C24H27N7O6S2/c1-16-5-4-11-29(17(16)2)39(36,37)23-14-19(30(32)33)7-8-20(23)27-26-15-18-6-9-22(21(13-18)31(34)35)38-24-25-10-12-28(24)3/h6-10,12-17,27H,4-5,11H2,1-3H3/b26-15-/t16-,17-/m1/s1. The molecule has 1 fully saturated rings. The van der Waals surface area contributed by atoms with Crippen molar-refractivity contribution in [3.63, 3.8) is 0 Å². The second-order valence-electron chi connectivity index (χ2n) is 9.19. The number of nitrogens with zero attached hydrogens (tertiary/aromatic N) is 6. The Labute approximate surface area is 229 Å². The highest BCUT2D eigenvalue weighted by atomic mass is 32.2. The number of anilines is 1. The molecule has 3 aromatic rings. The molecular weight excluding hydrogens is 546 g/mol. The van der Waals surface area contributed by atoms with E-state index in [0.717, 1.165) is 24.2 Å². The third kappa shape index (κ3) is 6.10. The van der Waals surface area contributed by atoms with Gasteiger partial charge in [-0.05, 0) is 49.6 Å². The smallest absolute Gasteiger partial charge is 0.283 e. The van der Waals surface area contributed by atoms with E-state index >= 15 is 0 Å². The summed E-state index contributed by atoms with van der Waals surface area (Å²) in [6.07, 6.45) is 6.22. The molecule has 0 radical (unpaired) electrons. The molecule has 0 amide bonds. The fourth-order valence-electron chi connectivity index (χ4n) is 4.26. The Bertz CT molecular complexity index is 1540. The van der Waals surface area contributed by atoms with Gasteiger partial charge in [-0.1, -0.05) is 13.0 Å². The van der Waals surface area contributed by atoms with Gasteiger partial charge in [0.25, 0.3) is 11.4 Å². The van der Waals surface area contributed by atoms with Gasteiger partial charge in [-0.25, -0.2) is 13.4 Å². The molecule has 15 heteroatoms. The van der Waals surface area contributed by atoms with Gasteiger partial charge >= 0.3 is 0 Å². The maximum atomic E-state index is 13.6. The number of nitro benzene ring substituents is 2. The van der Waals surface area contributed by atoms with Crippen molar-refractivity contribution < 1.29 is 18.3 Å². The first-order chi connectivity index (χ1) is 18.5. The van der Waals surface area contributed by atoms with E-state index in [-0.39, 0.29) is 33.9 Å². The van der Waals surface area contributed by atoms with Crippen LogP contribution in [0.5, 0.6) is 0 Å². The Morgan fingerprint density at radius 3 is 2.59 bits per heavy atom. The highest BCUT2D eigenvalue weighted by molar-refractivity contribution is 7.99. The Hall–Kier alpha value is -3.82. The maximum Gasteiger partial charge on any atom is 0.283 e. The first kappa shape index (κ1) is 28.2. The van der Waals surface area contributed by atoms with Crippen molar-refractivity contribution in [1.29, 1.82) is 0 Å². The first-order valence-corrected chi connectivity index (χ1v) is 14.3. The van der Waals surface area contributed by atoms with Gasteiger partial charge in [0.1, 0.15) is 4.90 Å². The minimum Gasteiger partial charge on any atom is -0.329 e. The number of hydrogen-bond acceptors (Lipinski definition) is 10. The molecule has 0 aliphatic carbocycles. The van der Waals surface area contributed by atoms with Crippen LogP contribution in [0.15, 0.2) is 68.8 Å². The molecule has 1 saturated heterocycles. The summed E-state index contributed by atoms with van der Waals surface area (Å²) in [5.41, 5.74) is 2.60. The number of rotatable bonds is 9. The topological polar surface area (TPSA) is 166 Å². The van der Waals surface area contributed by atoms with E-state index < -0.39 is 19.9 Å². The quantitative estimate of drug-likeness (QED) is 0.218. The van der Waals surface area contributed by atoms with E-state index in [0.29, 0.717) is 28.6 Å². The molecule has 1 N–H and O–H groups in total. The molecule has 13 nitrogen and oxygen atoms in total. The fraction of sp³-hybridized carbons (Fsp3) is 0.333. The van der Waals surface area contributed by atoms with Crippen LogP contribution in [0.1, 0.15) is 32.3 Å². The van der Waals surface area contributed by atoms with Gasteiger partial charge in [0.15, 0.2) is 5.16 Å². The van der Waals surface area contributed by atoms with Crippen molar-refractivity contribution in [1.82, 2.24) is 13.9 Å². The highest BCUT2D eigenvalue weighted by Crippen LogP contribution is 2.35. The molecule has 4 rings (SSSR count). The summed E-state index contributed by atoms with van der Waals surface area (Å²) in [6.45, 7) is 4.11. The van der Waals surface area contributed by atoms with Gasteiger partial charge in [-0.15, -0.1) is 0 Å². The lowest BCUT2D eigenvalue weighted by atomic mass is 9.94. The van der Waals surface area contributed by atoms with E-state index in [1.54, 1.807) is 36.1 Å². The number of piperidine rings is 1. The highest BCUT2D eigenvalue weighted by Gasteiger charge is 2.36. The average molecular weight is 574 g/mol. The van der Waals surface area contributed by atoms with Crippen LogP contribution in [0.25, 0.3) is 0 Å². The molecule has 0 unspecified atom stereocenters. The van der Waals surface area contributed by atoms with Crippen LogP contribution in [-0.2, 0) is 17.1 Å². The molecule has 2 heterocycles. The number of hydrazone groups is 1. The second-order valence-corrected chi connectivity index (χ2v) is 12.1. The molecular formula is C24H27N7O6S2. The minimum atomic E-state index is -4.09. The third-order valence-electron chi connectivity index (χ3n) is 6.63. The average Bonchev–Trinajstić information content (AvgIpc) is 3.30. The minimum absolute atomic E-state index is 0.0544. The van der Waals surface area contributed by atoms with Gasteiger partial charge < -0.3 is 4.57 Å². The van der Waals surface area contributed by atoms with Crippen LogP contribution >= 0.6 is 11.8 Å². The fourth-order valence-corrected chi connectivity index (χ4v) is 7.08. The van der Waals surface area contributed by atoms with E-state index in [2.05, 4.69) is 15.5 Å². The molecule has 2 atom stereocenters. The summed E-state index contributed by atoms with van der Waals surface area (Å²) < 4.78 is 30.3. The van der Waals surface area contributed by atoms with Crippen LogP contribution in [0.4, 0.5) is 17.1 Å². The Balaban J connectivity index is 1.62. The number of non-ortho nitro benzene ring substituents is 1. The Morgan fingerprint density at radius 1 is 1.15 bits per heavy atom. The van der Waals surface area contributed by atoms with Crippen molar-refractivity contribution >= 4 is 45.1 Å². The van der Waals surface area contributed by atoms with Crippen molar-refractivity contribution in [3.05, 3.63) is 74.6 Å². The van der Waals surface area contributed by atoms with E-state index in [1.165, 1.54) is 28.7 Å². The number of benzene rings is 2. The summed E-state index contributed by atoms with van der Waals surface area (Å²) in [5.74, 6) is 0.135. The van der Waals surface area contributed by atoms with Gasteiger partial charge in [-0.3, -0.25) is 25.7 Å². The zero-order valence-electron chi connectivity index (χ0n) is 21.4. The predicted molar refractivity (Wildman–Crippen MR) is 146 cm³/mol. The molecule has 0 bridgehead atoms. The first-order valence-electron chi connectivity index (χ1n) is 12.0. The molecule has 39 heavy (non-hydrogen) atoms. The summed E-state index contributed by atoms with van der Waals surface area (Å²) >= 11 is 1.15. The number of hydrogen-bond donors (Lipinski definition) is 1. The lowest BCUT2D eigenvalue weighted by molar-refractivity contribution is -0.387. The van der Waals surface area contributed by atoms with E-state index in [4.69, 9.17) is 0 Å². The van der Waals surface area contributed by atoms with Gasteiger partial charge in [0.05, 0.1) is 26.6 Å². The molecule has 1 aliphatic rings. The predicted octanol–water partition coefficient (Wildman–Crippen LogP) is 4.64. The molecule has 2 aromatic carbocycles. The zero-order chi connectivity index (χ0) is 28.3. The van der Waals surface area contributed by atoms with Gasteiger partial charge in [0, 0.05) is 55.8 Å². The van der Waals surface area contributed by atoms with Gasteiger partial charge in [0.2, 0.25) is 10.0 Å². The molecule has 0 spiro atoms. The normalized spacial score (nSPS) is 18.3. The lowest BCUT2D eigenvalue weighted by Gasteiger charge is -2.37. The summed E-state index contributed by atoms with van der Waals surface area (Å²) in [5, 5.41) is 27.8. The number of nitrogens with one attached hydrogen (secondary N) is 1. The van der Waals surface area contributed by atoms with Crippen LogP contribution in [0, 0.1) is 26.1 Å². The van der Waals surface area contributed by atoms with Crippen LogP contribution in [0.2, 0.25) is 0 Å². The lowest BCUT2D eigenvalue weighted by Crippen LogP contribution is -2.46. The molecule has 1 aliphatic heterocycles. The Kier molecular flexibility index (Phi) is 8.32. The number of imidazole rings is 1. The number of sulfonamides is 1. The van der Waals surface area contributed by atoms with Crippen LogP contribution in [-0.4, -0.2) is 50.9 Å². The largest absolute Gasteiger partial charge is 0.329 e. The molecule has 0 saturated carbocycles. The molecule has 206 valence electrons. The summed E-state index contributed by atoms with van der Waals surface area (Å²) in [6, 6.07) is 7.78. The summed E-state index contributed by atoms with van der Waals surface area (Å²) in [4.78, 5) is 26.3. The van der Waals surface area contributed by atoms with E-state index in [1.807, 2.05) is 13.8 Å². The summed E-state index contributed by atoms with van der Waals surface area (Å²) in [7, 11) is -2.30. The number of aromatic nitrogens is 2. The second kappa shape index (κ2) is 11.5. The van der Waals surface area contributed by atoms with Crippen molar-refractivity contribution in [2.75, 3.05) is 12.0 Å². The van der Waals surface area contributed by atoms with Crippen LogP contribution < -0.4 is 5.43 Å². The number of aryl methyl sites for hydroxylation is 1. The van der Waals surface area contributed by atoms with Gasteiger partial charge in [-0.2, -0.15) is 9.41 Å². The monoisotopic (exact) mass is 573 g/mol.